The van der Waals surface area contributed by atoms with Crippen LogP contribution in [0.5, 0.6) is 0 Å². The SMILES string of the molecule is CCC(CC)(CNC(=NC)NCCn1cccn1)c1ccccc1. The van der Waals surface area contributed by atoms with Gasteiger partial charge in [0.05, 0.1) is 6.54 Å². The van der Waals surface area contributed by atoms with Crippen molar-refractivity contribution in [2.45, 2.75) is 38.6 Å². The largest absolute Gasteiger partial charge is 0.356 e. The summed E-state index contributed by atoms with van der Waals surface area (Å²) in [5.74, 6) is 0.837. The number of rotatable bonds is 8. The third-order valence-electron chi connectivity index (χ3n) is 4.75. The van der Waals surface area contributed by atoms with Crippen LogP contribution >= 0.6 is 0 Å². The van der Waals surface area contributed by atoms with Crippen LogP contribution in [0.4, 0.5) is 0 Å². The molecule has 2 aromatic rings. The molecule has 5 nitrogen and oxygen atoms in total. The Hall–Kier alpha value is -2.30. The highest BCUT2D eigenvalue weighted by Crippen LogP contribution is 2.30. The lowest BCUT2D eigenvalue weighted by Crippen LogP contribution is -2.46. The third-order valence-corrected chi connectivity index (χ3v) is 4.75. The van der Waals surface area contributed by atoms with Crippen molar-refractivity contribution in [3.05, 3.63) is 54.4 Å². The lowest BCUT2D eigenvalue weighted by molar-refractivity contribution is 0.389. The van der Waals surface area contributed by atoms with Crippen molar-refractivity contribution in [1.82, 2.24) is 20.4 Å². The summed E-state index contributed by atoms with van der Waals surface area (Å²) in [6.45, 7) is 6.99. The minimum absolute atomic E-state index is 0.126. The van der Waals surface area contributed by atoms with Crippen LogP contribution in [-0.4, -0.2) is 35.9 Å². The summed E-state index contributed by atoms with van der Waals surface area (Å²) in [5.41, 5.74) is 1.51. The Balaban J connectivity index is 1.92. The molecular formula is C19H29N5. The fourth-order valence-corrected chi connectivity index (χ4v) is 3.00. The molecule has 0 aliphatic rings. The Labute approximate surface area is 145 Å². The molecule has 0 bridgehead atoms. The molecule has 1 heterocycles. The van der Waals surface area contributed by atoms with Crippen LogP contribution in [0.1, 0.15) is 32.3 Å². The first-order valence-electron chi connectivity index (χ1n) is 8.71. The van der Waals surface area contributed by atoms with Crippen LogP contribution in [0.3, 0.4) is 0 Å². The van der Waals surface area contributed by atoms with Gasteiger partial charge in [0.1, 0.15) is 0 Å². The third kappa shape index (κ3) is 4.60. The van der Waals surface area contributed by atoms with E-state index in [0.29, 0.717) is 0 Å². The van der Waals surface area contributed by atoms with E-state index in [1.807, 2.05) is 24.0 Å². The van der Waals surface area contributed by atoms with Gasteiger partial charge in [-0.3, -0.25) is 9.67 Å². The van der Waals surface area contributed by atoms with Gasteiger partial charge in [-0.05, 0) is 24.5 Å². The Kier molecular flexibility index (Phi) is 6.85. The molecule has 0 amide bonds. The molecule has 0 atom stereocenters. The highest BCUT2D eigenvalue weighted by atomic mass is 15.3. The van der Waals surface area contributed by atoms with Crippen molar-refractivity contribution in [2.75, 3.05) is 20.1 Å². The molecule has 0 unspecified atom stereocenters. The van der Waals surface area contributed by atoms with Gasteiger partial charge in [-0.2, -0.15) is 5.10 Å². The quantitative estimate of drug-likeness (QED) is 0.579. The summed E-state index contributed by atoms with van der Waals surface area (Å²) in [6.07, 6.45) is 5.94. The lowest BCUT2D eigenvalue weighted by Gasteiger charge is -2.33. The van der Waals surface area contributed by atoms with Crippen molar-refractivity contribution >= 4 is 5.96 Å². The zero-order valence-corrected chi connectivity index (χ0v) is 15.0. The van der Waals surface area contributed by atoms with E-state index in [2.05, 4.69) is 64.9 Å². The number of benzene rings is 1. The molecule has 0 aliphatic heterocycles. The monoisotopic (exact) mass is 327 g/mol. The highest BCUT2D eigenvalue weighted by Gasteiger charge is 2.28. The maximum Gasteiger partial charge on any atom is 0.191 e. The molecule has 0 spiro atoms. The Morgan fingerprint density at radius 2 is 1.88 bits per heavy atom. The summed E-state index contributed by atoms with van der Waals surface area (Å²) in [4.78, 5) is 4.34. The molecule has 1 aromatic carbocycles. The normalized spacial score (nSPS) is 12.2. The topological polar surface area (TPSA) is 54.2 Å². The van der Waals surface area contributed by atoms with Crippen molar-refractivity contribution in [2.24, 2.45) is 4.99 Å². The van der Waals surface area contributed by atoms with Crippen LogP contribution in [0.25, 0.3) is 0 Å². The molecule has 24 heavy (non-hydrogen) atoms. The van der Waals surface area contributed by atoms with Crippen molar-refractivity contribution in [1.29, 1.82) is 0 Å². The van der Waals surface area contributed by atoms with Gasteiger partial charge in [0.25, 0.3) is 0 Å². The van der Waals surface area contributed by atoms with Crippen LogP contribution in [0.2, 0.25) is 0 Å². The zero-order valence-electron chi connectivity index (χ0n) is 15.0. The first-order valence-corrected chi connectivity index (χ1v) is 8.71. The number of aliphatic imine (C=N–C) groups is 1. The molecule has 2 rings (SSSR count). The number of aromatic nitrogens is 2. The fraction of sp³-hybridized carbons (Fsp3) is 0.474. The summed E-state index contributed by atoms with van der Waals surface area (Å²) >= 11 is 0. The molecule has 0 saturated carbocycles. The van der Waals surface area contributed by atoms with E-state index in [1.165, 1.54) is 5.56 Å². The van der Waals surface area contributed by atoms with Gasteiger partial charge in [-0.15, -0.1) is 0 Å². The van der Waals surface area contributed by atoms with Gasteiger partial charge >= 0.3 is 0 Å². The molecule has 0 aliphatic carbocycles. The zero-order chi connectivity index (χ0) is 17.3. The molecule has 2 N–H and O–H groups in total. The Morgan fingerprint density at radius 1 is 1.12 bits per heavy atom. The standard InChI is InChI=1S/C19H29N5/c1-4-19(5-2,17-10-7-6-8-11-17)16-22-18(20-3)21-13-15-24-14-9-12-23-24/h6-12,14H,4-5,13,15-16H2,1-3H3,(H2,20,21,22). The average Bonchev–Trinajstić information content (AvgIpc) is 3.15. The van der Waals surface area contributed by atoms with Gasteiger partial charge in [-0.25, -0.2) is 0 Å². The number of nitrogens with one attached hydrogen (secondary N) is 2. The van der Waals surface area contributed by atoms with Crippen LogP contribution in [-0.2, 0) is 12.0 Å². The Bertz CT molecular complexity index is 600. The van der Waals surface area contributed by atoms with Gasteiger partial charge in [0.15, 0.2) is 5.96 Å². The smallest absolute Gasteiger partial charge is 0.191 e. The van der Waals surface area contributed by atoms with Crippen LogP contribution in [0.15, 0.2) is 53.8 Å². The Morgan fingerprint density at radius 3 is 2.46 bits per heavy atom. The average molecular weight is 327 g/mol. The number of hydrogen-bond donors (Lipinski definition) is 2. The summed E-state index contributed by atoms with van der Waals surface area (Å²) in [6, 6.07) is 12.7. The van der Waals surface area contributed by atoms with E-state index >= 15 is 0 Å². The second-order valence-corrected chi connectivity index (χ2v) is 5.98. The maximum atomic E-state index is 4.34. The minimum Gasteiger partial charge on any atom is -0.356 e. The van der Waals surface area contributed by atoms with E-state index in [1.54, 1.807) is 6.20 Å². The summed E-state index contributed by atoms with van der Waals surface area (Å²) in [5, 5.41) is 11.1. The number of guanidine groups is 1. The van der Waals surface area contributed by atoms with Crippen LogP contribution in [0, 0.1) is 0 Å². The van der Waals surface area contributed by atoms with E-state index in [4.69, 9.17) is 0 Å². The van der Waals surface area contributed by atoms with Crippen molar-refractivity contribution in [3.8, 4) is 0 Å². The van der Waals surface area contributed by atoms with Crippen molar-refractivity contribution in [3.63, 3.8) is 0 Å². The van der Waals surface area contributed by atoms with Gasteiger partial charge < -0.3 is 10.6 Å². The van der Waals surface area contributed by atoms with E-state index in [-0.39, 0.29) is 5.41 Å². The number of nitrogens with zero attached hydrogens (tertiary/aromatic N) is 3. The first kappa shape index (κ1) is 18.0. The van der Waals surface area contributed by atoms with Gasteiger partial charge in [0.2, 0.25) is 0 Å². The number of hydrogen-bond acceptors (Lipinski definition) is 2. The molecular weight excluding hydrogens is 298 g/mol. The second-order valence-electron chi connectivity index (χ2n) is 5.98. The lowest BCUT2D eigenvalue weighted by atomic mass is 9.76. The van der Waals surface area contributed by atoms with Crippen LogP contribution < -0.4 is 10.6 Å². The molecule has 0 saturated heterocycles. The molecule has 0 radical (unpaired) electrons. The van der Waals surface area contributed by atoms with E-state index < -0.39 is 0 Å². The predicted molar refractivity (Wildman–Crippen MR) is 100 cm³/mol. The van der Waals surface area contributed by atoms with E-state index in [0.717, 1.165) is 38.4 Å². The second kappa shape index (κ2) is 9.11. The highest BCUT2D eigenvalue weighted by molar-refractivity contribution is 5.79. The maximum absolute atomic E-state index is 4.34. The minimum atomic E-state index is 0.126. The van der Waals surface area contributed by atoms with Crippen molar-refractivity contribution < 1.29 is 0 Å². The van der Waals surface area contributed by atoms with E-state index in [9.17, 15) is 0 Å². The molecule has 130 valence electrons. The summed E-state index contributed by atoms with van der Waals surface area (Å²) < 4.78 is 1.91. The van der Waals surface area contributed by atoms with Gasteiger partial charge in [-0.1, -0.05) is 44.2 Å². The van der Waals surface area contributed by atoms with Gasteiger partial charge in [0, 0.05) is 37.9 Å². The predicted octanol–water partition coefficient (Wildman–Crippen LogP) is 2.81. The molecule has 5 heteroatoms. The molecule has 1 aromatic heterocycles. The summed E-state index contributed by atoms with van der Waals surface area (Å²) in [7, 11) is 1.81. The molecule has 0 fully saturated rings. The first-order chi connectivity index (χ1) is 11.7. The fourth-order valence-electron chi connectivity index (χ4n) is 3.00.